The molecular formula is C52H69N7O8S. The molecule has 16 heteroatoms. The van der Waals surface area contributed by atoms with Gasteiger partial charge in [-0.15, -0.1) is 11.3 Å². The molecule has 0 spiro atoms. The lowest BCUT2D eigenvalue weighted by Crippen LogP contribution is -2.64. The summed E-state index contributed by atoms with van der Waals surface area (Å²) in [5.74, 6) is -0.430. The van der Waals surface area contributed by atoms with E-state index in [0.717, 1.165) is 83.9 Å². The predicted octanol–water partition coefficient (Wildman–Crippen LogP) is 6.99. The highest BCUT2D eigenvalue weighted by molar-refractivity contribution is 7.10. The normalized spacial score (nSPS) is 30.4. The van der Waals surface area contributed by atoms with Crippen LogP contribution < -0.4 is 10.7 Å². The third-order valence-corrected chi connectivity index (χ3v) is 16.8. The van der Waals surface area contributed by atoms with Gasteiger partial charge in [-0.2, -0.15) is 0 Å². The zero-order valence-corrected chi connectivity index (χ0v) is 41.7. The second-order valence-electron chi connectivity index (χ2n) is 21.0. The van der Waals surface area contributed by atoms with Crippen LogP contribution in [0.3, 0.4) is 0 Å². The first kappa shape index (κ1) is 47.4. The van der Waals surface area contributed by atoms with E-state index in [1.807, 2.05) is 12.3 Å². The van der Waals surface area contributed by atoms with Crippen LogP contribution in [0.5, 0.6) is 0 Å². The van der Waals surface area contributed by atoms with Crippen molar-refractivity contribution in [3.8, 4) is 22.5 Å². The maximum absolute atomic E-state index is 14.7. The Bertz CT molecular complexity index is 2520. The summed E-state index contributed by atoms with van der Waals surface area (Å²) in [7, 11) is 1.74. The molecule has 8 bridgehead atoms. The number of hydrogen-bond acceptors (Lipinski definition) is 13. The fourth-order valence-electron chi connectivity index (χ4n) is 11.8. The number of carbonyl (C=O) groups is 3. The van der Waals surface area contributed by atoms with E-state index < -0.39 is 29.6 Å². The highest BCUT2D eigenvalue weighted by Gasteiger charge is 2.50. The van der Waals surface area contributed by atoms with Crippen molar-refractivity contribution in [3.63, 3.8) is 0 Å². The van der Waals surface area contributed by atoms with E-state index in [0.29, 0.717) is 68.0 Å². The fourth-order valence-corrected chi connectivity index (χ4v) is 12.7. The topological polar surface area (TPSA) is 159 Å². The molecule has 2 N–H and O–H groups in total. The standard InChI is InChI=1S/C52H69N7O8S/c1-9-57-42-14-13-31-18-37(42)39(46(57)38-19-33(21-53-44(38)30(5)63-8)32-16-34-22-64-23-35(17-32)59(34)36-24-65-25-36)20-52(6,7)27-67-51(62)40-12-11-15-58(56-40)50(61)45(55-48(60)43-28(3)29(43)4)47(66-10-2)49-54-41(31)26-68-49/h13-14,18-19,21,26,28-30,32,34-36,40,43,45,47,56H,9-12,15-17,20,22-25,27H2,1-8H3,(H,55,60)/t28-,29+,30-,32?,34-,35+,40-,43?,45-,47-/m0/s1. The van der Waals surface area contributed by atoms with Crippen LogP contribution in [0.1, 0.15) is 114 Å². The summed E-state index contributed by atoms with van der Waals surface area (Å²) in [6.45, 7) is 19.1. The van der Waals surface area contributed by atoms with Gasteiger partial charge in [0.25, 0.3) is 5.91 Å². The summed E-state index contributed by atoms with van der Waals surface area (Å²) in [5.41, 5.74) is 10.8. The van der Waals surface area contributed by atoms with Crippen molar-refractivity contribution in [2.24, 2.45) is 23.2 Å². The molecule has 1 saturated carbocycles. The quantitative estimate of drug-likeness (QED) is 0.157. The van der Waals surface area contributed by atoms with Crippen molar-refractivity contribution in [2.75, 3.05) is 53.3 Å². The second kappa shape index (κ2) is 19.1. The van der Waals surface area contributed by atoms with E-state index in [1.54, 1.807) is 7.11 Å². The summed E-state index contributed by atoms with van der Waals surface area (Å²) < 4.78 is 32.9. The molecule has 10 atom stereocenters. The summed E-state index contributed by atoms with van der Waals surface area (Å²) >= 11 is 1.42. The average molecular weight is 952 g/mol. The van der Waals surface area contributed by atoms with Crippen LogP contribution in [0, 0.1) is 23.2 Å². The predicted molar refractivity (Wildman–Crippen MR) is 259 cm³/mol. The van der Waals surface area contributed by atoms with Gasteiger partial charge in [-0.25, -0.2) is 10.4 Å². The molecule has 6 aliphatic rings. The number of aromatic nitrogens is 3. The molecule has 68 heavy (non-hydrogen) atoms. The molecule has 4 saturated heterocycles. The van der Waals surface area contributed by atoms with Gasteiger partial charge in [-0.05, 0) is 100.0 Å². The molecule has 366 valence electrons. The minimum atomic E-state index is -1.08. The van der Waals surface area contributed by atoms with Gasteiger partial charge in [0.15, 0.2) is 0 Å². The maximum atomic E-state index is 14.7. The van der Waals surface area contributed by atoms with Crippen LogP contribution in [-0.4, -0.2) is 126 Å². The highest BCUT2D eigenvalue weighted by atomic mass is 32.1. The summed E-state index contributed by atoms with van der Waals surface area (Å²) in [5, 5.41) is 8.27. The van der Waals surface area contributed by atoms with Gasteiger partial charge >= 0.3 is 5.97 Å². The van der Waals surface area contributed by atoms with Gasteiger partial charge in [0.2, 0.25) is 5.91 Å². The second-order valence-corrected chi connectivity index (χ2v) is 21.9. The number of nitrogens with one attached hydrogen (secondary N) is 2. The Balaban J connectivity index is 1.10. The number of ether oxygens (including phenoxy) is 5. The SMILES string of the molecule is CCO[C@@H]1c2nc(cs2)-c2ccc3c(c2)c(c(-c2cc(C4C[C@H]5COC[C@@H](C4)N5C4COC4)cnc2[C@H](C)OC)n3CC)CC(C)(C)COC(=O)[C@@H]2CCCN(N2)C(=O)[C@H]1NC(=O)C1[C@@H](C)[C@H]1C. The molecule has 2 amide bonds. The minimum Gasteiger partial charge on any atom is -0.464 e. The molecular weight excluding hydrogens is 883 g/mol. The molecule has 15 nitrogen and oxygen atoms in total. The lowest BCUT2D eigenvalue weighted by atomic mass is 9.79. The first-order chi connectivity index (χ1) is 32.8. The number of piperidine rings is 1. The Morgan fingerprint density at radius 2 is 1.78 bits per heavy atom. The monoisotopic (exact) mass is 951 g/mol. The number of rotatable bonds is 10. The Hall–Kier alpha value is -4.29. The lowest BCUT2D eigenvalue weighted by Gasteiger charge is -2.53. The molecule has 2 unspecified atom stereocenters. The Morgan fingerprint density at radius 1 is 1.04 bits per heavy atom. The highest BCUT2D eigenvalue weighted by Crippen LogP contribution is 2.47. The molecule has 10 rings (SSSR count). The summed E-state index contributed by atoms with van der Waals surface area (Å²) in [4.78, 5) is 55.7. The van der Waals surface area contributed by atoms with Gasteiger partial charge in [-0.1, -0.05) is 33.8 Å². The van der Waals surface area contributed by atoms with Crippen molar-refractivity contribution >= 4 is 40.0 Å². The molecule has 3 aromatic heterocycles. The van der Waals surface area contributed by atoms with E-state index in [1.165, 1.54) is 21.9 Å². The van der Waals surface area contributed by atoms with Crippen molar-refractivity contribution in [1.29, 1.82) is 0 Å². The van der Waals surface area contributed by atoms with Crippen LogP contribution in [0.15, 0.2) is 35.8 Å². The number of pyridine rings is 1. The van der Waals surface area contributed by atoms with Crippen LogP contribution in [0.2, 0.25) is 0 Å². The zero-order valence-electron chi connectivity index (χ0n) is 40.9. The lowest BCUT2D eigenvalue weighted by molar-refractivity contribution is -0.159. The first-order valence-corrected chi connectivity index (χ1v) is 25.9. The Morgan fingerprint density at radius 3 is 2.46 bits per heavy atom. The number of morpholine rings is 1. The number of nitrogens with zero attached hydrogens (tertiary/aromatic N) is 5. The number of esters is 1. The van der Waals surface area contributed by atoms with E-state index >= 15 is 0 Å². The first-order valence-electron chi connectivity index (χ1n) is 25.0. The molecule has 0 radical (unpaired) electrons. The van der Waals surface area contributed by atoms with Gasteiger partial charge < -0.3 is 33.6 Å². The molecule has 8 heterocycles. The molecule has 4 aromatic rings. The van der Waals surface area contributed by atoms with E-state index in [2.05, 4.69) is 92.2 Å². The summed E-state index contributed by atoms with van der Waals surface area (Å²) in [6, 6.07) is 8.23. The van der Waals surface area contributed by atoms with E-state index in [9.17, 15) is 14.4 Å². The van der Waals surface area contributed by atoms with Crippen molar-refractivity contribution < 1.29 is 38.1 Å². The molecule has 5 fully saturated rings. The number of hydrazine groups is 1. The number of cyclic esters (lactones) is 1. The molecule has 1 aliphatic carbocycles. The molecule has 5 aliphatic heterocycles. The minimum absolute atomic E-state index is 0.156. The smallest absolute Gasteiger partial charge is 0.324 e. The van der Waals surface area contributed by atoms with Gasteiger partial charge in [0, 0.05) is 83.8 Å². The van der Waals surface area contributed by atoms with Crippen molar-refractivity contribution in [3.05, 3.63) is 57.7 Å². The summed E-state index contributed by atoms with van der Waals surface area (Å²) in [6.07, 6.45) is 4.60. The van der Waals surface area contributed by atoms with Crippen molar-refractivity contribution in [2.45, 2.75) is 135 Å². The number of fused-ring (bicyclic) bond motifs is 8. The van der Waals surface area contributed by atoms with Crippen molar-refractivity contribution in [1.82, 2.24) is 35.2 Å². The zero-order chi connectivity index (χ0) is 47.6. The van der Waals surface area contributed by atoms with Gasteiger partial charge in [-0.3, -0.25) is 29.3 Å². The number of amides is 2. The van der Waals surface area contributed by atoms with Crippen LogP contribution in [-0.2, 0) is 51.0 Å². The number of thiazole rings is 1. The number of methoxy groups -OCH3 is 1. The van der Waals surface area contributed by atoms with Gasteiger partial charge in [0.05, 0.1) is 62.3 Å². The van der Waals surface area contributed by atoms with E-state index in [4.69, 9.17) is 33.7 Å². The number of benzene rings is 1. The number of aryl methyl sites for hydroxylation is 1. The van der Waals surface area contributed by atoms with Crippen LogP contribution in [0.25, 0.3) is 33.4 Å². The maximum Gasteiger partial charge on any atom is 0.324 e. The molecule has 1 aromatic carbocycles. The third-order valence-electron chi connectivity index (χ3n) is 15.9. The number of hydrogen-bond donors (Lipinski definition) is 2. The fraction of sp³-hybridized carbons (Fsp3) is 0.635. The van der Waals surface area contributed by atoms with E-state index in [-0.39, 0.29) is 42.3 Å². The van der Waals surface area contributed by atoms with Gasteiger partial charge in [0.1, 0.15) is 23.2 Å². The van der Waals surface area contributed by atoms with Crippen LogP contribution >= 0.6 is 11.3 Å². The third kappa shape index (κ3) is 8.81. The average Bonchev–Trinajstić information content (AvgIpc) is 3.59. The number of carbonyl (C=O) groups excluding carboxylic acids is 3. The Kier molecular flexibility index (Phi) is 13.3. The van der Waals surface area contributed by atoms with Crippen LogP contribution in [0.4, 0.5) is 0 Å². The largest absolute Gasteiger partial charge is 0.464 e. The Labute approximate surface area is 403 Å².